The Morgan fingerprint density at radius 1 is 0.897 bits per heavy atom. The third-order valence-electron chi connectivity index (χ3n) is 5.52. The smallest absolute Gasteiger partial charge is 0.240 e. The zero-order valence-corrected chi connectivity index (χ0v) is 18.2. The molecule has 0 aliphatic rings. The van der Waals surface area contributed by atoms with Crippen LogP contribution in [-0.4, -0.2) is 17.1 Å². The molecule has 0 saturated heterocycles. The second kappa shape index (κ2) is 14.8. The van der Waals surface area contributed by atoms with Crippen LogP contribution in [0.3, 0.4) is 0 Å². The highest BCUT2D eigenvalue weighted by atomic mass is 16.2. The van der Waals surface area contributed by atoms with Crippen LogP contribution in [-0.2, 0) is 4.79 Å². The summed E-state index contributed by atoms with van der Waals surface area (Å²) in [7, 11) is 0. The summed E-state index contributed by atoms with van der Waals surface area (Å²) < 4.78 is 0. The Hall–Kier alpha value is -2.10. The summed E-state index contributed by atoms with van der Waals surface area (Å²) in [4.78, 5) is 15.1. The molecule has 0 atom stereocenters. The van der Waals surface area contributed by atoms with Crippen molar-refractivity contribution in [3.05, 3.63) is 36.0 Å². The average Bonchev–Trinajstić information content (AvgIpc) is 3.15. The van der Waals surface area contributed by atoms with Crippen molar-refractivity contribution >= 4 is 23.0 Å². The minimum absolute atomic E-state index is 0.00386. The zero-order chi connectivity index (χ0) is 20.6. The summed E-state index contributed by atoms with van der Waals surface area (Å²) in [5.74, 6) is 0.00386. The van der Waals surface area contributed by atoms with Gasteiger partial charge in [0, 0.05) is 29.1 Å². The van der Waals surface area contributed by atoms with Crippen LogP contribution >= 0.6 is 0 Å². The van der Waals surface area contributed by atoms with Gasteiger partial charge in [-0.2, -0.15) is 5.10 Å². The molecule has 0 bridgehead atoms. The van der Waals surface area contributed by atoms with E-state index in [0.29, 0.717) is 6.42 Å². The molecule has 0 spiro atoms. The van der Waals surface area contributed by atoms with Crippen LogP contribution in [0.4, 0.5) is 0 Å². The molecule has 1 amide bonds. The highest BCUT2D eigenvalue weighted by molar-refractivity contribution is 5.99. The van der Waals surface area contributed by atoms with Gasteiger partial charge < -0.3 is 4.98 Å². The van der Waals surface area contributed by atoms with Crippen LogP contribution in [0.1, 0.15) is 102 Å². The maximum Gasteiger partial charge on any atom is 0.240 e. The topological polar surface area (TPSA) is 57.2 Å². The summed E-state index contributed by atoms with van der Waals surface area (Å²) in [6.45, 7) is 2.27. The van der Waals surface area contributed by atoms with E-state index in [-0.39, 0.29) is 5.91 Å². The predicted molar refractivity (Wildman–Crippen MR) is 124 cm³/mol. The maximum atomic E-state index is 11.9. The Morgan fingerprint density at radius 2 is 1.48 bits per heavy atom. The van der Waals surface area contributed by atoms with Gasteiger partial charge in [-0.15, -0.1) is 0 Å². The van der Waals surface area contributed by atoms with Gasteiger partial charge in [0.05, 0.1) is 6.21 Å². The molecule has 0 radical (unpaired) electrons. The van der Waals surface area contributed by atoms with E-state index < -0.39 is 0 Å². The van der Waals surface area contributed by atoms with Crippen molar-refractivity contribution in [1.29, 1.82) is 0 Å². The maximum absolute atomic E-state index is 11.9. The first-order valence-electron chi connectivity index (χ1n) is 11.7. The molecule has 29 heavy (non-hydrogen) atoms. The number of unbranched alkanes of at least 4 members (excludes halogenated alkanes) is 12. The van der Waals surface area contributed by atoms with Gasteiger partial charge in [-0.05, 0) is 12.5 Å². The number of rotatable bonds is 16. The van der Waals surface area contributed by atoms with Crippen molar-refractivity contribution in [2.45, 2.75) is 96.8 Å². The molecular weight excluding hydrogens is 358 g/mol. The Kier molecular flexibility index (Phi) is 11.9. The third-order valence-corrected chi connectivity index (χ3v) is 5.52. The quantitative estimate of drug-likeness (QED) is 0.177. The number of benzene rings is 1. The van der Waals surface area contributed by atoms with Crippen LogP contribution in [0.15, 0.2) is 35.6 Å². The summed E-state index contributed by atoms with van der Waals surface area (Å²) in [6.07, 6.45) is 21.3. The van der Waals surface area contributed by atoms with E-state index in [4.69, 9.17) is 0 Å². The molecule has 1 aromatic carbocycles. The highest BCUT2D eigenvalue weighted by Gasteiger charge is 2.02. The molecule has 0 saturated carbocycles. The van der Waals surface area contributed by atoms with Crippen molar-refractivity contribution < 1.29 is 4.79 Å². The number of aromatic amines is 1. The number of hydrogen-bond donors (Lipinski definition) is 2. The molecule has 0 aliphatic heterocycles. The lowest BCUT2D eigenvalue weighted by Gasteiger charge is -2.03. The molecular formula is C25H39N3O. The fraction of sp³-hybridized carbons (Fsp3) is 0.600. The second-order valence-corrected chi connectivity index (χ2v) is 8.08. The van der Waals surface area contributed by atoms with Crippen molar-refractivity contribution in [1.82, 2.24) is 10.4 Å². The molecule has 2 N–H and O–H groups in total. The van der Waals surface area contributed by atoms with Crippen molar-refractivity contribution in [3.8, 4) is 0 Å². The van der Waals surface area contributed by atoms with E-state index in [1.54, 1.807) is 6.21 Å². The van der Waals surface area contributed by atoms with E-state index >= 15 is 0 Å². The van der Waals surface area contributed by atoms with Crippen LogP contribution < -0.4 is 5.43 Å². The SMILES string of the molecule is CCCCCCCCCCCCCCCC(=O)NN=Cc1c[nH]c2ccccc12. The number of nitrogens with one attached hydrogen (secondary N) is 2. The van der Waals surface area contributed by atoms with Crippen molar-refractivity contribution in [2.24, 2.45) is 5.10 Å². The summed E-state index contributed by atoms with van der Waals surface area (Å²) in [5, 5.41) is 5.21. The number of aromatic nitrogens is 1. The Morgan fingerprint density at radius 3 is 2.14 bits per heavy atom. The number of hydrogen-bond acceptors (Lipinski definition) is 2. The second-order valence-electron chi connectivity index (χ2n) is 8.08. The van der Waals surface area contributed by atoms with Gasteiger partial charge in [0.15, 0.2) is 0 Å². The van der Waals surface area contributed by atoms with Gasteiger partial charge in [-0.1, -0.05) is 102 Å². The lowest BCUT2D eigenvalue weighted by atomic mass is 10.0. The number of H-pyrrole nitrogens is 1. The van der Waals surface area contributed by atoms with Gasteiger partial charge in [0.1, 0.15) is 0 Å². The molecule has 4 nitrogen and oxygen atoms in total. The minimum Gasteiger partial charge on any atom is -0.361 e. The predicted octanol–water partition coefficient (Wildman–Crippen LogP) is 7.10. The van der Waals surface area contributed by atoms with E-state index in [1.165, 1.54) is 70.6 Å². The van der Waals surface area contributed by atoms with Gasteiger partial charge in [0.25, 0.3) is 0 Å². The zero-order valence-electron chi connectivity index (χ0n) is 18.2. The number of para-hydroxylation sites is 1. The van der Waals surface area contributed by atoms with Crippen LogP contribution in [0.25, 0.3) is 10.9 Å². The number of hydrazone groups is 1. The largest absolute Gasteiger partial charge is 0.361 e. The summed E-state index contributed by atoms with van der Waals surface area (Å²) >= 11 is 0. The van der Waals surface area contributed by atoms with Gasteiger partial charge in [-0.25, -0.2) is 5.43 Å². The number of carbonyl (C=O) groups excluding carboxylic acids is 1. The van der Waals surface area contributed by atoms with Gasteiger partial charge in [-0.3, -0.25) is 4.79 Å². The van der Waals surface area contributed by atoms with E-state index in [9.17, 15) is 4.79 Å². The third kappa shape index (κ3) is 9.78. The number of nitrogens with zero attached hydrogens (tertiary/aromatic N) is 1. The van der Waals surface area contributed by atoms with E-state index in [1.807, 2.05) is 30.5 Å². The number of fused-ring (bicyclic) bond motifs is 1. The van der Waals surface area contributed by atoms with Crippen LogP contribution in [0.5, 0.6) is 0 Å². The Bertz CT molecular complexity index is 720. The lowest BCUT2D eigenvalue weighted by Crippen LogP contribution is -2.16. The van der Waals surface area contributed by atoms with Crippen molar-refractivity contribution in [2.75, 3.05) is 0 Å². The number of amides is 1. The molecule has 0 aliphatic carbocycles. The van der Waals surface area contributed by atoms with Gasteiger partial charge in [0.2, 0.25) is 5.91 Å². The normalized spacial score (nSPS) is 11.5. The first kappa shape index (κ1) is 23.2. The molecule has 0 fully saturated rings. The summed E-state index contributed by atoms with van der Waals surface area (Å²) in [6, 6.07) is 8.07. The fourth-order valence-corrected chi connectivity index (χ4v) is 3.73. The van der Waals surface area contributed by atoms with Crippen LogP contribution in [0, 0.1) is 0 Å². The highest BCUT2D eigenvalue weighted by Crippen LogP contribution is 2.15. The van der Waals surface area contributed by atoms with Gasteiger partial charge >= 0.3 is 0 Å². The summed E-state index contributed by atoms with van der Waals surface area (Å²) in [5.41, 5.74) is 4.71. The Labute approximate surface area is 176 Å². The van der Waals surface area contributed by atoms with E-state index in [0.717, 1.165) is 29.3 Å². The number of carbonyl (C=O) groups is 1. The first-order valence-corrected chi connectivity index (χ1v) is 11.7. The fourth-order valence-electron chi connectivity index (χ4n) is 3.73. The average molecular weight is 398 g/mol. The molecule has 4 heteroatoms. The molecule has 0 unspecified atom stereocenters. The molecule has 2 aromatic rings. The van der Waals surface area contributed by atoms with Crippen LogP contribution in [0.2, 0.25) is 0 Å². The van der Waals surface area contributed by atoms with E-state index in [2.05, 4.69) is 22.4 Å². The first-order chi connectivity index (χ1) is 14.3. The molecule has 1 heterocycles. The van der Waals surface area contributed by atoms with Crippen molar-refractivity contribution in [3.63, 3.8) is 0 Å². The standard InChI is InChI=1S/C25H39N3O/c1-2-3-4-5-6-7-8-9-10-11-12-13-14-19-25(29)28-27-21-22-20-26-24-18-16-15-17-23(22)24/h15-18,20-21,26H,2-14,19H2,1H3,(H,28,29). The lowest BCUT2D eigenvalue weighted by molar-refractivity contribution is -0.121. The molecule has 2 rings (SSSR count). The molecule has 160 valence electrons. The molecule has 1 aromatic heterocycles. The minimum atomic E-state index is 0.00386. The Balaban J connectivity index is 1.42. The monoisotopic (exact) mass is 397 g/mol.